The molecular weight excluding hydrogens is 394 g/mol. The highest BCUT2D eigenvalue weighted by Gasteiger charge is 2.23. The molecule has 0 aliphatic carbocycles. The molecule has 1 unspecified atom stereocenters. The minimum absolute atomic E-state index is 0.330. The molecule has 1 aliphatic heterocycles. The number of fused-ring (bicyclic) bond motifs is 1. The van der Waals surface area contributed by atoms with Crippen molar-refractivity contribution in [3.05, 3.63) is 70.3 Å². The summed E-state index contributed by atoms with van der Waals surface area (Å²) in [5.74, 6) is 1.70. The van der Waals surface area contributed by atoms with E-state index in [1.54, 1.807) is 12.7 Å². The van der Waals surface area contributed by atoms with E-state index in [9.17, 15) is 0 Å². The monoisotopic (exact) mass is 435 g/mol. The Morgan fingerprint density at radius 2 is 1.84 bits per heavy atom. The number of aryl methyl sites for hydroxylation is 2. The van der Waals surface area contributed by atoms with Crippen molar-refractivity contribution in [3.63, 3.8) is 0 Å². The third-order valence-corrected chi connectivity index (χ3v) is 6.48. The first-order chi connectivity index (χ1) is 15.7. The molecule has 1 N–H and O–H groups in total. The highest BCUT2D eigenvalue weighted by atomic mass is 16.5. The fraction of sp³-hybridized carbons (Fsp3) is 0.517. The van der Waals surface area contributed by atoms with Crippen LogP contribution in [0.3, 0.4) is 0 Å². The van der Waals surface area contributed by atoms with Gasteiger partial charge in [0.25, 0.3) is 0 Å². The maximum Gasteiger partial charge on any atom is 0.161 e. The van der Waals surface area contributed by atoms with Crippen molar-refractivity contribution in [2.75, 3.05) is 20.3 Å². The van der Waals surface area contributed by atoms with Gasteiger partial charge >= 0.3 is 0 Å². The Balaban J connectivity index is 1.75. The van der Waals surface area contributed by atoms with Crippen LogP contribution in [0.4, 0.5) is 0 Å². The van der Waals surface area contributed by atoms with Gasteiger partial charge in [0.2, 0.25) is 0 Å². The van der Waals surface area contributed by atoms with E-state index >= 15 is 0 Å². The molecule has 3 nitrogen and oxygen atoms in total. The molecule has 174 valence electrons. The summed E-state index contributed by atoms with van der Waals surface area (Å²) in [5, 5.41) is 3.77. The SMILES string of the molecule is CC/C=C(\CCc1ccccc1CCCC)CC1NCCc2cc(OCC)c(OC)cc21. The summed E-state index contributed by atoms with van der Waals surface area (Å²) >= 11 is 0. The molecule has 0 spiro atoms. The lowest BCUT2D eigenvalue weighted by Crippen LogP contribution is -2.30. The number of rotatable bonds is 12. The van der Waals surface area contributed by atoms with Crippen molar-refractivity contribution < 1.29 is 9.47 Å². The van der Waals surface area contributed by atoms with Crippen LogP contribution in [0.15, 0.2) is 48.0 Å². The van der Waals surface area contributed by atoms with Gasteiger partial charge < -0.3 is 14.8 Å². The summed E-state index contributed by atoms with van der Waals surface area (Å²) in [4.78, 5) is 0. The van der Waals surface area contributed by atoms with E-state index < -0.39 is 0 Å². The van der Waals surface area contributed by atoms with Gasteiger partial charge in [-0.25, -0.2) is 0 Å². The highest BCUT2D eigenvalue weighted by molar-refractivity contribution is 5.49. The average Bonchev–Trinajstić information content (AvgIpc) is 2.82. The zero-order chi connectivity index (χ0) is 22.8. The second-order valence-electron chi connectivity index (χ2n) is 8.74. The Morgan fingerprint density at radius 3 is 2.53 bits per heavy atom. The lowest BCUT2D eigenvalue weighted by atomic mass is 9.87. The van der Waals surface area contributed by atoms with E-state index in [-0.39, 0.29) is 0 Å². The predicted molar refractivity (Wildman–Crippen MR) is 135 cm³/mol. The van der Waals surface area contributed by atoms with E-state index in [1.165, 1.54) is 41.5 Å². The number of ether oxygens (including phenoxy) is 2. The molecule has 0 saturated carbocycles. The summed E-state index contributed by atoms with van der Waals surface area (Å²) in [5.41, 5.74) is 7.35. The molecule has 2 aromatic carbocycles. The van der Waals surface area contributed by atoms with Crippen molar-refractivity contribution in [3.8, 4) is 11.5 Å². The van der Waals surface area contributed by atoms with Crippen molar-refractivity contribution in [2.24, 2.45) is 0 Å². The molecule has 1 heterocycles. The Kier molecular flexibility index (Phi) is 9.67. The van der Waals surface area contributed by atoms with Crippen LogP contribution < -0.4 is 14.8 Å². The maximum absolute atomic E-state index is 5.82. The molecule has 2 aromatic rings. The first-order valence-electron chi connectivity index (χ1n) is 12.5. The number of unbranched alkanes of at least 4 members (excludes halogenated alkanes) is 1. The number of methoxy groups -OCH3 is 1. The Bertz CT molecular complexity index is 887. The Labute approximate surface area is 195 Å². The standard InChI is InChI=1S/C29H41NO2/c1-5-8-12-23-13-9-10-14-24(23)16-15-22(11-6-2)19-27-26-21-28(31-4)29(32-7-3)20-25(26)17-18-30-27/h9-11,13-14,20-21,27,30H,5-8,12,15-19H2,1-4H3/b22-11+. The van der Waals surface area contributed by atoms with E-state index in [0.717, 1.165) is 50.1 Å². The van der Waals surface area contributed by atoms with Gasteiger partial charge in [0.1, 0.15) is 0 Å². The van der Waals surface area contributed by atoms with Crippen LogP contribution in [0.1, 0.15) is 81.2 Å². The van der Waals surface area contributed by atoms with Crippen molar-refractivity contribution in [2.45, 2.75) is 78.2 Å². The molecule has 0 bridgehead atoms. The zero-order valence-electron chi connectivity index (χ0n) is 20.5. The molecular formula is C29H41NO2. The summed E-state index contributed by atoms with van der Waals surface area (Å²) in [6, 6.07) is 13.7. The number of benzene rings is 2. The van der Waals surface area contributed by atoms with Crippen LogP contribution in [0.25, 0.3) is 0 Å². The normalized spacial score (nSPS) is 16.0. The second-order valence-corrected chi connectivity index (χ2v) is 8.74. The lowest BCUT2D eigenvalue weighted by Gasteiger charge is -2.29. The van der Waals surface area contributed by atoms with Gasteiger partial charge in [-0.15, -0.1) is 0 Å². The van der Waals surface area contributed by atoms with Crippen molar-refractivity contribution in [1.29, 1.82) is 0 Å². The van der Waals surface area contributed by atoms with E-state index in [1.807, 2.05) is 6.92 Å². The van der Waals surface area contributed by atoms with E-state index in [0.29, 0.717) is 12.6 Å². The minimum atomic E-state index is 0.330. The highest BCUT2D eigenvalue weighted by Crippen LogP contribution is 2.37. The number of hydrogen-bond donors (Lipinski definition) is 1. The molecule has 3 heteroatoms. The third kappa shape index (κ3) is 6.38. The molecule has 0 aromatic heterocycles. The Hall–Kier alpha value is -2.26. The van der Waals surface area contributed by atoms with Crippen LogP contribution in [0, 0.1) is 0 Å². The molecule has 3 rings (SSSR count). The zero-order valence-corrected chi connectivity index (χ0v) is 20.5. The topological polar surface area (TPSA) is 30.5 Å². The average molecular weight is 436 g/mol. The molecule has 1 aliphatic rings. The summed E-state index contributed by atoms with van der Waals surface area (Å²) in [7, 11) is 1.73. The van der Waals surface area contributed by atoms with Crippen LogP contribution in [-0.2, 0) is 19.3 Å². The molecule has 0 radical (unpaired) electrons. The largest absolute Gasteiger partial charge is 0.493 e. The molecule has 0 saturated heterocycles. The lowest BCUT2D eigenvalue weighted by molar-refractivity contribution is 0.309. The van der Waals surface area contributed by atoms with Crippen LogP contribution in [0.5, 0.6) is 11.5 Å². The summed E-state index contributed by atoms with van der Waals surface area (Å²) < 4.78 is 11.5. The van der Waals surface area contributed by atoms with Crippen molar-refractivity contribution >= 4 is 0 Å². The first kappa shape index (κ1) is 24.4. The van der Waals surface area contributed by atoms with Crippen LogP contribution in [-0.4, -0.2) is 20.3 Å². The predicted octanol–water partition coefficient (Wildman–Crippen LogP) is 6.98. The first-order valence-corrected chi connectivity index (χ1v) is 12.5. The van der Waals surface area contributed by atoms with Crippen molar-refractivity contribution in [1.82, 2.24) is 5.32 Å². The minimum Gasteiger partial charge on any atom is -0.493 e. The number of allylic oxidation sites excluding steroid dienone is 1. The molecule has 32 heavy (non-hydrogen) atoms. The van der Waals surface area contributed by atoms with Crippen LogP contribution in [0.2, 0.25) is 0 Å². The van der Waals surface area contributed by atoms with Gasteiger partial charge in [0.15, 0.2) is 11.5 Å². The van der Waals surface area contributed by atoms with E-state index in [2.05, 4.69) is 61.6 Å². The van der Waals surface area contributed by atoms with E-state index in [4.69, 9.17) is 9.47 Å². The van der Waals surface area contributed by atoms with Gasteiger partial charge in [0, 0.05) is 6.04 Å². The summed E-state index contributed by atoms with van der Waals surface area (Å²) in [6.07, 6.45) is 11.6. The van der Waals surface area contributed by atoms with Crippen LogP contribution >= 0.6 is 0 Å². The maximum atomic E-state index is 5.82. The third-order valence-electron chi connectivity index (χ3n) is 6.48. The Morgan fingerprint density at radius 1 is 1.06 bits per heavy atom. The number of nitrogens with one attached hydrogen (secondary N) is 1. The fourth-order valence-corrected chi connectivity index (χ4v) is 4.81. The van der Waals surface area contributed by atoms with Gasteiger partial charge in [-0.2, -0.15) is 0 Å². The molecule has 1 atom stereocenters. The molecule has 0 amide bonds. The van der Waals surface area contributed by atoms with Gasteiger partial charge in [-0.05, 0) is 92.8 Å². The van der Waals surface area contributed by atoms with Gasteiger partial charge in [-0.3, -0.25) is 0 Å². The quantitative estimate of drug-likeness (QED) is 0.365. The smallest absolute Gasteiger partial charge is 0.161 e. The van der Waals surface area contributed by atoms with Gasteiger partial charge in [-0.1, -0.05) is 56.2 Å². The second kappa shape index (κ2) is 12.7. The number of hydrogen-bond acceptors (Lipinski definition) is 3. The fourth-order valence-electron chi connectivity index (χ4n) is 4.81. The van der Waals surface area contributed by atoms with Gasteiger partial charge in [0.05, 0.1) is 13.7 Å². The molecule has 0 fully saturated rings. The summed E-state index contributed by atoms with van der Waals surface area (Å²) in [6.45, 7) is 8.20.